The molecule has 2 heterocycles. The number of fused-ring (bicyclic) bond motifs is 1. The minimum Gasteiger partial charge on any atom is -0.459 e. The maximum atomic E-state index is 5.95. The molecule has 1 unspecified atom stereocenters. The van der Waals surface area contributed by atoms with E-state index in [2.05, 4.69) is 21.0 Å². The van der Waals surface area contributed by atoms with Crippen LogP contribution in [0.3, 0.4) is 0 Å². The first-order valence-corrected chi connectivity index (χ1v) is 6.84. The molecule has 0 saturated carbocycles. The van der Waals surface area contributed by atoms with Gasteiger partial charge in [0.15, 0.2) is 0 Å². The van der Waals surface area contributed by atoms with Gasteiger partial charge in [0.1, 0.15) is 23.2 Å². The predicted molar refractivity (Wildman–Crippen MR) is 79.1 cm³/mol. The van der Waals surface area contributed by atoms with Crippen molar-refractivity contribution in [2.75, 3.05) is 5.73 Å². The van der Waals surface area contributed by atoms with Crippen molar-refractivity contribution in [3.05, 3.63) is 46.3 Å². The third kappa shape index (κ3) is 2.14. The van der Waals surface area contributed by atoms with Crippen LogP contribution in [-0.4, -0.2) is 9.78 Å². The molecule has 0 bridgehead atoms. The van der Waals surface area contributed by atoms with Crippen molar-refractivity contribution in [1.82, 2.24) is 9.78 Å². The molecule has 0 aliphatic heterocycles. The Kier molecular flexibility index (Phi) is 2.86. The third-order valence-corrected chi connectivity index (χ3v) is 3.66. The summed E-state index contributed by atoms with van der Waals surface area (Å²) < 4.78 is 8.68. The van der Waals surface area contributed by atoms with Gasteiger partial charge in [-0.1, -0.05) is 15.9 Å². The quantitative estimate of drug-likeness (QED) is 0.779. The van der Waals surface area contributed by atoms with Gasteiger partial charge in [0, 0.05) is 15.9 Å². The molecule has 0 saturated heterocycles. The fraction of sp³-hybridized carbons (Fsp3) is 0.214. The van der Waals surface area contributed by atoms with E-state index >= 15 is 0 Å². The average molecular weight is 320 g/mol. The van der Waals surface area contributed by atoms with Gasteiger partial charge in [-0.05, 0) is 38.1 Å². The van der Waals surface area contributed by atoms with Crippen LogP contribution in [0.5, 0.6) is 0 Å². The summed E-state index contributed by atoms with van der Waals surface area (Å²) >= 11 is 3.46. The molecule has 2 N–H and O–H groups in total. The van der Waals surface area contributed by atoms with E-state index in [0.29, 0.717) is 5.82 Å². The maximum absolute atomic E-state index is 5.95. The lowest BCUT2D eigenvalue weighted by molar-refractivity contribution is 0.447. The van der Waals surface area contributed by atoms with Gasteiger partial charge in [0.05, 0.1) is 5.69 Å². The van der Waals surface area contributed by atoms with Crippen LogP contribution in [0, 0.1) is 6.92 Å². The fourth-order valence-electron chi connectivity index (χ4n) is 2.21. The Labute approximate surface area is 119 Å². The highest BCUT2D eigenvalue weighted by Crippen LogP contribution is 2.29. The van der Waals surface area contributed by atoms with Crippen molar-refractivity contribution in [2.24, 2.45) is 0 Å². The van der Waals surface area contributed by atoms with Gasteiger partial charge in [0.25, 0.3) is 0 Å². The summed E-state index contributed by atoms with van der Waals surface area (Å²) in [4.78, 5) is 0. The van der Waals surface area contributed by atoms with Crippen LogP contribution in [0.4, 0.5) is 5.82 Å². The summed E-state index contributed by atoms with van der Waals surface area (Å²) in [6.07, 6.45) is 0. The largest absolute Gasteiger partial charge is 0.459 e. The number of nitrogens with two attached hydrogens (primary N) is 1. The molecule has 1 atom stereocenters. The molecule has 0 aliphatic rings. The van der Waals surface area contributed by atoms with Crippen LogP contribution >= 0.6 is 15.9 Å². The second-order valence-corrected chi connectivity index (χ2v) is 5.58. The van der Waals surface area contributed by atoms with E-state index < -0.39 is 0 Å². The highest BCUT2D eigenvalue weighted by atomic mass is 79.9. The van der Waals surface area contributed by atoms with Gasteiger partial charge in [-0.15, -0.1) is 0 Å². The Hall–Kier alpha value is -1.75. The molecule has 19 heavy (non-hydrogen) atoms. The zero-order valence-corrected chi connectivity index (χ0v) is 12.3. The third-order valence-electron chi connectivity index (χ3n) is 3.16. The number of anilines is 1. The number of halogens is 1. The van der Waals surface area contributed by atoms with Gasteiger partial charge in [0.2, 0.25) is 0 Å². The molecule has 3 rings (SSSR count). The van der Waals surface area contributed by atoms with Crippen molar-refractivity contribution in [1.29, 1.82) is 0 Å². The lowest BCUT2D eigenvalue weighted by Crippen LogP contribution is -2.10. The number of nitrogens with zero attached hydrogens (tertiary/aromatic N) is 2. The Morgan fingerprint density at radius 3 is 2.79 bits per heavy atom. The van der Waals surface area contributed by atoms with E-state index in [0.717, 1.165) is 26.9 Å². The smallest absolute Gasteiger partial charge is 0.134 e. The van der Waals surface area contributed by atoms with Crippen molar-refractivity contribution in [3.8, 4) is 0 Å². The molecule has 0 aliphatic carbocycles. The molecule has 0 fully saturated rings. The van der Waals surface area contributed by atoms with Gasteiger partial charge in [-0.3, -0.25) is 0 Å². The van der Waals surface area contributed by atoms with Crippen LogP contribution in [-0.2, 0) is 0 Å². The Morgan fingerprint density at radius 1 is 1.32 bits per heavy atom. The van der Waals surface area contributed by atoms with Crippen LogP contribution < -0.4 is 5.73 Å². The summed E-state index contributed by atoms with van der Waals surface area (Å²) in [7, 11) is 0. The number of aryl methyl sites for hydroxylation is 1. The van der Waals surface area contributed by atoms with E-state index in [1.165, 1.54) is 0 Å². The average Bonchev–Trinajstić information content (AvgIpc) is 2.91. The fourth-order valence-corrected chi connectivity index (χ4v) is 2.59. The highest BCUT2D eigenvalue weighted by molar-refractivity contribution is 9.10. The Morgan fingerprint density at radius 2 is 2.11 bits per heavy atom. The molecule has 4 nitrogen and oxygen atoms in total. The van der Waals surface area contributed by atoms with Crippen molar-refractivity contribution < 1.29 is 4.42 Å². The Balaban J connectivity index is 2.06. The van der Waals surface area contributed by atoms with Crippen molar-refractivity contribution in [3.63, 3.8) is 0 Å². The van der Waals surface area contributed by atoms with E-state index in [4.69, 9.17) is 10.2 Å². The van der Waals surface area contributed by atoms with Gasteiger partial charge < -0.3 is 10.2 Å². The Bertz CT molecular complexity index is 744. The molecular weight excluding hydrogens is 306 g/mol. The van der Waals surface area contributed by atoms with Gasteiger partial charge >= 0.3 is 0 Å². The summed E-state index contributed by atoms with van der Waals surface area (Å²) in [5.41, 5.74) is 7.72. The molecule has 98 valence electrons. The summed E-state index contributed by atoms with van der Waals surface area (Å²) in [6, 6.07) is 9.81. The molecule has 3 aromatic rings. The molecule has 0 amide bonds. The molecular formula is C14H14BrN3O. The number of benzene rings is 1. The first-order valence-electron chi connectivity index (χ1n) is 6.05. The normalized spacial score (nSPS) is 13.0. The zero-order valence-electron chi connectivity index (χ0n) is 10.7. The summed E-state index contributed by atoms with van der Waals surface area (Å²) in [6.45, 7) is 3.95. The first kappa shape index (κ1) is 12.3. The molecule has 1 aromatic carbocycles. The van der Waals surface area contributed by atoms with E-state index in [-0.39, 0.29) is 6.04 Å². The maximum Gasteiger partial charge on any atom is 0.134 e. The number of furan rings is 1. The number of hydrogen-bond donors (Lipinski definition) is 1. The molecule has 2 aromatic heterocycles. The van der Waals surface area contributed by atoms with Crippen LogP contribution in [0.1, 0.15) is 24.4 Å². The number of nitrogen functional groups attached to an aromatic ring is 1. The second kappa shape index (κ2) is 4.42. The molecule has 0 spiro atoms. The number of hydrogen-bond acceptors (Lipinski definition) is 3. The van der Waals surface area contributed by atoms with Crippen molar-refractivity contribution >= 4 is 32.7 Å². The van der Waals surface area contributed by atoms with Gasteiger partial charge in [-0.25, -0.2) is 4.68 Å². The monoisotopic (exact) mass is 319 g/mol. The topological polar surface area (TPSA) is 57.0 Å². The minimum absolute atomic E-state index is 0.0279. The zero-order chi connectivity index (χ0) is 13.6. The van der Waals surface area contributed by atoms with E-state index in [1.807, 2.05) is 44.2 Å². The SMILES string of the molecule is Cc1cc(N)n(C(C)c2cc3cc(Br)ccc3o2)n1. The number of rotatable bonds is 2. The summed E-state index contributed by atoms with van der Waals surface area (Å²) in [5.74, 6) is 1.49. The summed E-state index contributed by atoms with van der Waals surface area (Å²) in [5, 5.41) is 5.46. The first-order chi connectivity index (χ1) is 9.04. The second-order valence-electron chi connectivity index (χ2n) is 4.66. The standard InChI is InChI=1S/C14H14BrN3O/c1-8-5-14(16)18(17-8)9(2)13-7-10-6-11(15)3-4-12(10)19-13/h3-7,9H,16H2,1-2H3. The van der Waals surface area contributed by atoms with E-state index in [1.54, 1.807) is 4.68 Å². The highest BCUT2D eigenvalue weighted by Gasteiger charge is 2.16. The van der Waals surface area contributed by atoms with Crippen LogP contribution in [0.2, 0.25) is 0 Å². The lowest BCUT2D eigenvalue weighted by Gasteiger charge is -2.10. The van der Waals surface area contributed by atoms with Crippen LogP contribution in [0.25, 0.3) is 11.0 Å². The molecule has 5 heteroatoms. The van der Waals surface area contributed by atoms with E-state index in [9.17, 15) is 0 Å². The lowest BCUT2D eigenvalue weighted by atomic mass is 10.2. The van der Waals surface area contributed by atoms with Crippen molar-refractivity contribution in [2.45, 2.75) is 19.9 Å². The van der Waals surface area contributed by atoms with Crippen LogP contribution in [0.15, 0.2) is 39.2 Å². The minimum atomic E-state index is -0.0279. The molecule has 0 radical (unpaired) electrons. The van der Waals surface area contributed by atoms with Gasteiger partial charge in [-0.2, -0.15) is 5.10 Å². The number of aromatic nitrogens is 2. The predicted octanol–water partition coefficient (Wildman–Crippen LogP) is 3.89.